The van der Waals surface area contributed by atoms with Gasteiger partial charge in [0.1, 0.15) is 5.69 Å². The first kappa shape index (κ1) is 10.7. The van der Waals surface area contributed by atoms with Crippen molar-refractivity contribution in [2.75, 3.05) is 0 Å². The average Bonchev–Trinajstić information content (AvgIpc) is 2.44. The van der Waals surface area contributed by atoms with Gasteiger partial charge in [0, 0.05) is 5.39 Å². The fourth-order valence-electron chi connectivity index (χ4n) is 2.06. The highest BCUT2D eigenvalue weighted by molar-refractivity contribution is 5.80. The minimum Gasteiger partial charge on any atom is -0.287 e. The smallest absolute Gasteiger partial charge is 0.210 e. The van der Waals surface area contributed by atoms with Gasteiger partial charge in [-0.15, -0.1) is 0 Å². The van der Waals surface area contributed by atoms with Gasteiger partial charge in [-0.3, -0.25) is 4.79 Å². The molecular weight excluding hydrogens is 224 g/mol. The number of aromatic nitrogens is 2. The van der Waals surface area contributed by atoms with Crippen molar-refractivity contribution in [1.29, 1.82) is 0 Å². The van der Waals surface area contributed by atoms with Crippen molar-refractivity contribution in [2.24, 2.45) is 0 Å². The molecule has 1 aromatic heterocycles. The lowest BCUT2D eigenvalue weighted by atomic mass is 10.2. The summed E-state index contributed by atoms with van der Waals surface area (Å²) in [6.07, 6.45) is 0. The highest BCUT2D eigenvalue weighted by Crippen LogP contribution is 2.14. The lowest BCUT2D eigenvalue weighted by Crippen LogP contribution is -2.15. The lowest BCUT2D eigenvalue weighted by Gasteiger charge is -2.10. The molecule has 0 amide bonds. The molecule has 0 unspecified atom stereocenters. The number of para-hydroxylation sites is 2. The summed E-state index contributed by atoms with van der Waals surface area (Å²) < 4.78 is 1.81. The summed E-state index contributed by atoms with van der Waals surface area (Å²) in [5, 5.41) is 5.08. The quantitative estimate of drug-likeness (QED) is 0.651. The minimum atomic E-state index is -0.00205. The van der Waals surface area contributed by atoms with Gasteiger partial charge < -0.3 is 0 Å². The predicted molar refractivity (Wildman–Crippen MR) is 72.1 cm³/mol. The molecule has 88 valence electrons. The van der Waals surface area contributed by atoms with E-state index in [0.717, 1.165) is 11.2 Å². The minimum absolute atomic E-state index is 0.00205. The Kier molecular flexibility index (Phi) is 2.45. The van der Waals surface area contributed by atoms with E-state index < -0.39 is 0 Å². The Morgan fingerprint density at radius 3 is 2.39 bits per heavy atom. The summed E-state index contributed by atoms with van der Waals surface area (Å²) in [5.41, 5.74) is 2.30. The highest BCUT2D eigenvalue weighted by atomic mass is 16.1. The van der Waals surface area contributed by atoms with Crippen molar-refractivity contribution in [3.63, 3.8) is 0 Å². The zero-order chi connectivity index (χ0) is 12.5. The zero-order valence-corrected chi connectivity index (χ0v) is 10.00. The first-order valence-electron chi connectivity index (χ1n) is 5.81. The van der Waals surface area contributed by atoms with E-state index in [4.69, 9.17) is 0 Å². The number of rotatable bonds is 1. The Balaban J connectivity index is 2.44. The van der Waals surface area contributed by atoms with E-state index >= 15 is 0 Å². The molecule has 0 radical (unpaired) electrons. The Labute approximate surface area is 104 Å². The summed E-state index contributed by atoms with van der Waals surface area (Å²) in [5.74, 6) is 0. The largest absolute Gasteiger partial charge is 0.287 e. The maximum Gasteiger partial charge on any atom is 0.210 e. The van der Waals surface area contributed by atoms with Crippen molar-refractivity contribution in [2.45, 2.75) is 6.92 Å². The molecule has 0 aliphatic heterocycles. The molecular formula is C15H12N2O. The van der Waals surface area contributed by atoms with Gasteiger partial charge in [-0.05, 0) is 31.2 Å². The third kappa shape index (κ3) is 1.61. The molecule has 3 nitrogen and oxygen atoms in total. The Bertz CT molecular complexity index is 760. The second kappa shape index (κ2) is 4.11. The van der Waals surface area contributed by atoms with Crippen LogP contribution in [0.4, 0.5) is 0 Å². The second-order valence-electron chi connectivity index (χ2n) is 4.18. The molecule has 1 heterocycles. The Hall–Kier alpha value is -2.42. The number of aryl methyl sites for hydroxylation is 1. The topological polar surface area (TPSA) is 34.9 Å². The monoisotopic (exact) mass is 236 g/mol. The van der Waals surface area contributed by atoms with Crippen molar-refractivity contribution in [3.8, 4) is 5.69 Å². The molecule has 18 heavy (non-hydrogen) atoms. The Morgan fingerprint density at radius 2 is 1.61 bits per heavy atom. The normalized spacial score (nSPS) is 10.7. The van der Waals surface area contributed by atoms with Gasteiger partial charge in [0.25, 0.3) is 0 Å². The summed E-state index contributed by atoms with van der Waals surface area (Å²) >= 11 is 0. The van der Waals surface area contributed by atoms with E-state index in [1.165, 1.54) is 0 Å². The van der Waals surface area contributed by atoms with Crippen LogP contribution in [0.2, 0.25) is 0 Å². The summed E-state index contributed by atoms with van der Waals surface area (Å²) in [4.78, 5) is 12.0. The number of hydrogen-bond donors (Lipinski definition) is 0. The van der Waals surface area contributed by atoms with E-state index in [0.29, 0.717) is 11.1 Å². The fraction of sp³-hybridized carbons (Fsp3) is 0.0667. The van der Waals surface area contributed by atoms with Crippen LogP contribution in [0, 0.1) is 6.92 Å². The van der Waals surface area contributed by atoms with Gasteiger partial charge in [0.2, 0.25) is 5.43 Å². The van der Waals surface area contributed by atoms with Gasteiger partial charge in [-0.1, -0.05) is 30.3 Å². The number of nitrogens with zero attached hydrogens (tertiary/aromatic N) is 2. The molecule has 0 spiro atoms. The van der Waals surface area contributed by atoms with E-state index in [-0.39, 0.29) is 5.43 Å². The molecule has 2 aromatic carbocycles. The van der Waals surface area contributed by atoms with Gasteiger partial charge in [-0.2, -0.15) is 5.10 Å². The van der Waals surface area contributed by atoms with Crippen molar-refractivity contribution >= 4 is 10.9 Å². The molecule has 3 heteroatoms. The van der Waals surface area contributed by atoms with E-state index in [2.05, 4.69) is 5.10 Å². The van der Waals surface area contributed by atoms with Crippen LogP contribution >= 0.6 is 0 Å². The van der Waals surface area contributed by atoms with Crippen molar-refractivity contribution < 1.29 is 0 Å². The van der Waals surface area contributed by atoms with Crippen LogP contribution in [0.1, 0.15) is 5.69 Å². The van der Waals surface area contributed by atoms with Crippen LogP contribution < -0.4 is 5.43 Å². The van der Waals surface area contributed by atoms with E-state index in [1.54, 1.807) is 6.92 Å². The molecule has 0 saturated carbocycles. The van der Waals surface area contributed by atoms with Gasteiger partial charge in [0.05, 0.1) is 11.2 Å². The molecule has 0 atom stereocenters. The van der Waals surface area contributed by atoms with Crippen molar-refractivity contribution in [1.82, 2.24) is 9.78 Å². The maximum atomic E-state index is 12.0. The zero-order valence-electron chi connectivity index (χ0n) is 10.00. The first-order valence-corrected chi connectivity index (χ1v) is 5.81. The standard InChI is InChI=1S/C15H12N2O/c1-11-15(18)13-9-5-6-10-14(13)17(16-11)12-7-3-2-4-8-12/h2-10H,1H3. The number of hydrogen-bond acceptors (Lipinski definition) is 2. The van der Waals surface area contributed by atoms with Crippen molar-refractivity contribution in [3.05, 3.63) is 70.5 Å². The number of benzene rings is 2. The molecule has 0 N–H and O–H groups in total. The van der Waals surface area contributed by atoms with Crippen LogP contribution in [-0.4, -0.2) is 9.78 Å². The number of fused-ring (bicyclic) bond motifs is 1. The van der Waals surface area contributed by atoms with Gasteiger partial charge in [0.15, 0.2) is 0 Å². The van der Waals surface area contributed by atoms with E-state index in [9.17, 15) is 4.79 Å². The summed E-state index contributed by atoms with van der Waals surface area (Å²) in [7, 11) is 0. The third-order valence-electron chi connectivity index (χ3n) is 2.96. The van der Waals surface area contributed by atoms with Gasteiger partial charge in [-0.25, -0.2) is 4.68 Å². The first-order chi connectivity index (χ1) is 8.77. The fourth-order valence-corrected chi connectivity index (χ4v) is 2.06. The Morgan fingerprint density at radius 1 is 0.944 bits per heavy atom. The molecule has 3 rings (SSSR count). The van der Waals surface area contributed by atoms with Crippen LogP contribution in [0.25, 0.3) is 16.6 Å². The third-order valence-corrected chi connectivity index (χ3v) is 2.96. The van der Waals surface area contributed by atoms with Crippen LogP contribution in [-0.2, 0) is 0 Å². The molecule has 0 fully saturated rings. The van der Waals surface area contributed by atoms with E-state index in [1.807, 2.05) is 59.3 Å². The summed E-state index contributed by atoms with van der Waals surface area (Å²) in [6, 6.07) is 17.4. The highest BCUT2D eigenvalue weighted by Gasteiger charge is 2.07. The average molecular weight is 236 g/mol. The lowest BCUT2D eigenvalue weighted by molar-refractivity contribution is 0.849. The molecule has 0 saturated heterocycles. The summed E-state index contributed by atoms with van der Waals surface area (Å²) in [6.45, 7) is 1.74. The van der Waals surface area contributed by atoms with Gasteiger partial charge >= 0.3 is 0 Å². The predicted octanol–water partition coefficient (Wildman–Crippen LogP) is 2.69. The van der Waals surface area contributed by atoms with Crippen LogP contribution in [0.3, 0.4) is 0 Å². The second-order valence-corrected chi connectivity index (χ2v) is 4.18. The van der Waals surface area contributed by atoms with Crippen LogP contribution in [0.15, 0.2) is 59.4 Å². The molecule has 3 aromatic rings. The molecule has 0 aliphatic carbocycles. The molecule has 0 bridgehead atoms. The van der Waals surface area contributed by atoms with Crippen LogP contribution in [0.5, 0.6) is 0 Å². The maximum absolute atomic E-state index is 12.0. The molecule has 0 aliphatic rings. The SMILES string of the molecule is Cc1nn(-c2ccccc2)c2ccccc2c1=O.